The van der Waals surface area contributed by atoms with Crippen LogP contribution < -0.4 is 16.0 Å². The summed E-state index contributed by atoms with van der Waals surface area (Å²) in [6.07, 6.45) is 2.15. The van der Waals surface area contributed by atoms with Gasteiger partial charge in [0.1, 0.15) is 5.60 Å². The maximum atomic E-state index is 12.2. The van der Waals surface area contributed by atoms with Crippen molar-refractivity contribution >= 4 is 36.0 Å². The third-order valence-electron chi connectivity index (χ3n) is 3.85. The predicted octanol–water partition coefficient (Wildman–Crippen LogP) is 3.45. The van der Waals surface area contributed by atoms with Crippen LogP contribution in [0.1, 0.15) is 45.2 Å². The number of ether oxygens (including phenoxy) is 1. The first-order chi connectivity index (χ1) is 11.9. The maximum absolute atomic E-state index is 12.2. The molecule has 1 aliphatic rings. The Kier molecular flexibility index (Phi) is 9.18. The summed E-state index contributed by atoms with van der Waals surface area (Å²) in [5.41, 5.74) is 0.485. The molecule has 6 nitrogen and oxygen atoms in total. The van der Waals surface area contributed by atoms with Crippen LogP contribution in [0.15, 0.2) is 35.3 Å². The zero-order valence-electron chi connectivity index (χ0n) is 16.0. The lowest BCUT2D eigenvalue weighted by molar-refractivity contribution is 0.0504. The topological polar surface area (TPSA) is 74.8 Å². The lowest BCUT2D eigenvalue weighted by atomic mass is 10.1. The summed E-state index contributed by atoms with van der Waals surface area (Å²) in [5.74, 6) is 1.52. The van der Waals surface area contributed by atoms with E-state index in [1.54, 1.807) is 7.05 Å². The molecular formula is C19H31IN4O2. The lowest BCUT2D eigenvalue weighted by Gasteiger charge is -2.24. The monoisotopic (exact) mass is 474 g/mol. The van der Waals surface area contributed by atoms with E-state index in [9.17, 15) is 4.79 Å². The molecule has 1 aromatic carbocycles. The second kappa shape index (κ2) is 10.6. The van der Waals surface area contributed by atoms with Gasteiger partial charge in [-0.3, -0.25) is 4.99 Å². The Balaban J connectivity index is 0.00000338. The van der Waals surface area contributed by atoms with E-state index in [1.165, 1.54) is 12.8 Å². The molecule has 1 atom stereocenters. The second-order valence-corrected chi connectivity index (χ2v) is 7.39. The van der Waals surface area contributed by atoms with E-state index in [1.807, 2.05) is 51.1 Å². The van der Waals surface area contributed by atoms with Gasteiger partial charge in [-0.2, -0.15) is 0 Å². The molecule has 1 unspecified atom stereocenters. The molecule has 1 aliphatic carbocycles. The van der Waals surface area contributed by atoms with Crippen molar-refractivity contribution in [2.24, 2.45) is 10.9 Å². The molecule has 0 heterocycles. The molecule has 3 N–H and O–H groups in total. The zero-order valence-corrected chi connectivity index (χ0v) is 18.4. The van der Waals surface area contributed by atoms with Crippen LogP contribution in [0, 0.1) is 5.92 Å². The van der Waals surface area contributed by atoms with Crippen LogP contribution in [0.25, 0.3) is 0 Å². The minimum absolute atomic E-state index is 0. The Bertz CT molecular complexity index is 583. The van der Waals surface area contributed by atoms with E-state index in [-0.39, 0.29) is 30.0 Å². The number of rotatable bonds is 6. The molecule has 0 saturated heterocycles. The molecule has 0 aliphatic heterocycles. The smallest absolute Gasteiger partial charge is 0.408 e. The van der Waals surface area contributed by atoms with Crippen molar-refractivity contribution < 1.29 is 9.53 Å². The Morgan fingerprint density at radius 1 is 1.23 bits per heavy atom. The number of amides is 1. The average molecular weight is 474 g/mol. The third-order valence-corrected chi connectivity index (χ3v) is 3.85. The summed E-state index contributed by atoms with van der Waals surface area (Å²) in [5, 5.41) is 9.55. The van der Waals surface area contributed by atoms with Gasteiger partial charge in [-0.1, -0.05) is 30.3 Å². The van der Waals surface area contributed by atoms with Gasteiger partial charge in [-0.15, -0.1) is 24.0 Å². The highest BCUT2D eigenvalue weighted by Crippen LogP contribution is 2.27. The Labute approximate surface area is 173 Å². The molecule has 146 valence electrons. The van der Waals surface area contributed by atoms with Crippen molar-refractivity contribution in [2.75, 3.05) is 20.1 Å². The Morgan fingerprint density at radius 2 is 1.88 bits per heavy atom. The van der Waals surface area contributed by atoms with Crippen LogP contribution in [-0.4, -0.2) is 37.8 Å². The minimum atomic E-state index is -0.527. The number of alkyl carbamates (subject to hydrolysis) is 1. The quantitative estimate of drug-likeness (QED) is 0.336. The van der Waals surface area contributed by atoms with Crippen molar-refractivity contribution in [2.45, 2.75) is 45.3 Å². The molecular weight excluding hydrogens is 443 g/mol. The van der Waals surface area contributed by atoms with Crippen molar-refractivity contribution in [3.05, 3.63) is 35.9 Å². The summed E-state index contributed by atoms with van der Waals surface area (Å²) in [4.78, 5) is 16.4. The highest BCUT2D eigenvalue weighted by Gasteiger charge is 2.22. The predicted molar refractivity (Wildman–Crippen MR) is 116 cm³/mol. The number of benzene rings is 1. The van der Waals surface area contributed by atoms with Crippen LogP contribution in [0.4, 0.5) is 4.79 Å². The SMILES string of the molecule is CN=C(NCC1CC1)NCC(NC(=O)OC(C)(C)C)c1ccccc1.I. The van der Waals surface area contributed by atoms with Gasteiger partial charge in [0, 0.05) is 20.1 Å². The van der Waals surface area contributed by atoms with Crippen molar-refractivity contribution in [1.82, 2.24) is 16.0 Å². The van der Waals surface area contributed by atoms with Gasteiger partial charge in [-0.25, -0.2) is 4.79 Å². The number of guanidine groups is 1. The van der Waals surface area contributed by atoms with E-state index in [0.717, 1.165) is 24.0 Å². The molecule has 0 spiro atoms. The Hall–Kier alpha value is -1.51. The second-order valence-electron chi connectivity index (χ2n) is 7.39. The number of hydrogen-bond donors (Lipinski definition) is 3. The third kappa shape index (κ3) is 8.73. The first-order valence-corrected chi connectivity index (χ1v) is 8.86. The number of carbonyl (C=O) groups excluding carboxylic acids is 1. The van der Waals surface area contributed by atoms with Crippen LogP contribution in [0.2, 0.25) is 0 Å². The molecule has 0 aromatic heterocycles. The number of aliphatic imine (C=N–C) groups is 1. The van der Waals surface area contributed by atoms with Crippen LogP contribution in [0.3, 0.4) is 0 Å². The number of nitrogens with zero attached hydrogens (tertiary/aromatic N) is 1. The molecule has 0 bridgehead atoms. The van der Waals surface area contributed by atoms with E-state index in [0.29, 0.717) is 6.54 Å². The van der Waals surface area contributed by atoms with Crippen molar-refractivity contribution in [3.8, 4) is 0 Å². The number of halogens is 1. The fourth-order valence-electron chi connectivity index (χ4n) is 2.37. The molecule has 1 fully saturated rings. The van der Waals surface area contributed by atoms with Gasteiger partial charge in [0.25, 0.3) is 0 Å². The largest absolute Gasteiger partial charge is 0.444 e. The molecule has 0 radical (unpaired) electrons. The minimum Gasteiger partial charge on any atom is -0.444 e. The summed E-state index contributed by atoms with van der Waals surface area (Å²) >= 11 is 0. The van der Waals surface area contributed by atoms with Crippen LogP contribution in [-0.2, 0) is 4.74 Å². The summed E-state index contributed by atoms with van der Waals surface area (Å²) in [7, 11) is 1.75. The molecule has 7 heteroatoms. The fourth-order valence-corrected chi connectivity index (χ4v) is 2.37. The van der Waals surface area contributed by atoms with E-state index in [4.69, 9.17) is 4.74 Å². The maximum Gasteiger partial charge on any atom is 0.408 e. The van der Waals surface area contributed by atoms with Crippen molar-refractivity contribution in [1.29, 1.82) is 0 Å². The van der Waals surface area contributed by atoms with E-state index < -0.39 is 11.7 Å². The highest BCUT2D eigenvalue weighted by atomic mass is 127. The Morgan fingerprint density at radius 3 is 2.42 bits per heavy atom. The van der Waals surface area contributed by atoms with Gasteiger partial charge in [-0.05, 0) is 45.1 Å². The lowest BCUT2D eigenvalue weighted by Crippen LogP contribution is -2.44. The molecule has 1 amide bonds. The normalized spacial score (nSPS) is 15.5. The van der Waals surface area contributed by atoms with Gasteiger partial charge >= 0.3 is 6.09 Å². The molecule has 1 aromatic rings. The standard InChI is InChI=1S/C19H30N4O2.HI/c1-19(2,3)25-18(24)23-16(15-8-6-5-7-9-15)13-22-17(20-4)21-12-14-10-11-14;/h5-9,14,16H,10-13H2,1-4H3,(H,23,24)(H2,20,21,22);1H. The summed E-state index contributed by atoms with van der Waals surface area (Å²) < 4.78 is 5.39. The highest BCUT2D eigenvalue weighted by molar-refractivity contribution is 14.0. The summed E-state index contributed by atoms with van der Waals surface area (Å²) in [6.45, 7) is 7.02. The first-order valence-electron chi connectivity index (χ1n) is 8.86. The van der Waals surface area contributed by atoms with Gasteiger partial charge in [0.15, 0.2) is 5.96 Å². The average Bonchev–Trinajstić information content (AvgIpc) is 3.37. The number of hydrogen-bond acceptors (Lipinski definition) is 3. The summed E-state index contributed by atoms with van der Waals surface area (Å²) in [6, 6.07) is 9.64. The first kappa shape index (κ1) is 22.5. The fraction of sp³-hybridized carbons (Fsp3) is 0.579. The van der Waals surface area contributed by atoms with Crippen molar-refractivity contribution in [3.63, 3.8) is 0 Å². The van der Waals surface area contributed by atoms with Gasteiger partial charge in [0.05, 0.1) is 6.04 Å². The van der Waals surface area contributed by atoms with Gasteiger partial charge in [0.2, 0.25) is 0 Å². The van der Waals surface area contributed by atoms with Gasteiger partial charge < -0.3 is 20.7 Å². The zero-order chi connectivity index (χ0) is 18.3. The molecule has 2 rings (SSSR count). The van der Waals surface area contributed by atoms with E-state index in [2.05, 4.69) is 20.9 Å². The van der Waals surface area contributed by atoms with Crippen LogP contribution >= 0.6 is 24.0 Å². The van der Waals surface area contributed by atoms with Crippen LogP contribution in [0.5, 0.6) is 0 Å². The molecule has 1 saturated carbocycles. The number of carbonyl (C=O) groups is 1. The number of nitrogens with one attached hydrogen (secondary N) is 3. The van der Waals surface area contributed by atoms with E-state index >= 15 is 0 Å². The molecule has 26 heavy (non-hydrogen) atoms.